The van der Waals surface area contributed by atoms with Crippen LogP contribution in [0.3, 0.4) is 0 Å². The van der Waals surface area contributed by atoms with E-state index in [-0.39, 0.29) is 17.9 Å². The molecule has 0 amide bonds. The first-order valence-corrected chi connectivity index (χ1v) is 11.3. The van der Waals surface area contributed by atoms with Crippen LogP contribution < -0.4 is 21.7 Å². The summed E-state index contributed by atoms with van der Waals surface area (Å²) in [5.41, 5.74) is 7.23. The molecule has 0 atom stereocenters. The van der Waals surface area contributed by atoms with Gasteiger partial charge in [0.15, 0.2) is 0 Å². The van der Waals surface area contributed by atoms with Crippen molar-refractivity contribution in [3.63, 3.8) is 0 Å². The molecule has 0 saturated carbocycles. The Morgan fingerprint density at radius 3 is 2.35 bits per heavy atom. The van der Waals surface area contributed by atoms with Crippen LogP contribution in [-0.2, 0) is 16.6 Å². The molecule has 8 nitrogen and oxygen atoms in total. The van der Waals surface area contributed by atoms with E-state index < -0.39 is 21.3 Å². The summed E-state index contributed by atoms with van der Waals surface area (Å²) in [5.74, 6) is 0. The number of fused-ring (bicyclic) bond motifs is 1. The van der Waals surface area contributed by atoms with Crippen molar-refractivity contribution in [2.45, 2.75) is 6.54 Å². The monoisotopic (exact) mass is 436 g/mol. The van der Waals surface area contributed by atoms with Crippen LogP contribution in [-0.4, -0.2) is 23.8 Å². The summed E-state index contributed by atoms with van der Waals surface area (Å²) >= 11 is 0. The van der Waals surface area contributed by atoms with Gasteiger partial charge in [0.25, 0.3) is 5.56 Å². The molecule has 0 aliphatic heterocycles. The van der Waals surface area contributed by atoms with Crippen molar-refractivity contribution >= 4 is 32.3 Å². The first kappa shape index (κ1) is 20.4. The maximum atomic E-state index is 13.4. The minimum absolute atomic E-state index is 0.237. The largest absolute Gasteiger partial charge is 0.399 e. The zero-order chi connectivity index (χ0) is 22.2. The standard InChI is InChI=1S/C22H20N4O4S/c1-31(29,30)24-17-5-4-6-18(13-17)26-21(27)19-7-2-3-8-20(19)25(22(26)28)14-15-9-11-16(23)12-10-15/h2-13,24H,14,23H2,1H3. The number of sulfonamides is 1. The first-order valence-electron chi connectivity index (χ1n) is 9.40. The van der Waals surface area contributed by atoms with Gasteiger partial charge in [-0.25, -0.2) is 17.8 Å². The molecule has 0 bridgehead atoms. The van der Waals surface area contributed by atoms with Gasteiger partial charge in [-0.1, -0.05) is 30.3 Å². The molecular formula is C22H20N4O4S. The third kappa shape index (κ3) is 4.22. The lowest BCUT2D eigenvalue weighted by atomic mass is 10.2. The van der Waals surface area contributed by atoms with E-state index in [1.54, 1.807) is 54.6 Å². The molecule has 0 unspecified atom stereocenters. The average molecular weight is 436 g/mol. The van der Waals surface area contributed by atoms with Gasteiger partial charge in [-0.15, -0.1) is 0 Å². The number of benzene rings is 3. The summed E-state index contributed by atoms with van der Waals surface area (Å²) < 4.78 is 28.1. The number of para-hydroxylation sites is 1. The van der Waals surface area contributed by atoms with E-state index in [2.05, 4.69) is 4.72 Å². The van der Waals surface area contributed by atoms with Gasteiger partial charge in [0.05, 0.1) is 35.1 Å². The molecule has 0 aliphatic carbocycles. The molecule has 4 rings (SSSR count). The van der Waals surface area contributed by atoms with E-state index in [4.69, 9.17) is 5.73 Å². The summed E-state index contributed by atoms with van der Waals surface area (Å²) in [7, 11) is -3.51. The minimum Gasteiger partial charge on any atom is -0.399 e. The van der Waals surface area contributed by atoms with Crippen molar-refractivity contribution in [2.24, 2.45) is 0 Å². The zero-order valence-electron chi connectivity index (χ0n) is 16.6. The van der Waals surface area contributed by atoms with E-state index in [0.29, 0.717) is 16.6 Å². The molecule has 3 aromatic carbocycles. The van der Waals surface area contributed by atoms with Crippen molar-refractivity contribution in [1.29, 1.82) is 0 Å². The summed E-state index contributed by atoms with van der Waals surface area (Å²) in [5, 5.41) is 0.374. The number of hydrogen-bond acceptors (Lipinski definition) is 5. The van der Waals surface area contributed by atoms with E-state index >= 15 is 0 Å². The predicted molar refractivity (Wildman–Crippen MR) is 122 cm³/mol. The SMILES string of the molecule is CS(=O)(=O)Nc1cccc(-n2c(=O)c3ccccc3n(Cc3ccc(N)cc3)c2=O)c1. The maximum Gasteiger partial charge on any atom is 0.336 e. The van der Waals surface area contributed by atoms with E-state index in [9.17, 15) is 18.0 Å². The Bertz CT molecular complexity index is 1500. The van der Waals surface area contributed by atoms with Crippen LogP contribution in [0.1, 0.15) is 5.56 Å². The van der Waals surface area contributed by atoms with Crippen LogP contribution in [0.4, 0.5) is 11.4 Å². The molecular weight excluding hydrogens is 416 g/mol. The molecule has 158 valence electrons. The molecule has 0 saturated heterocycles. The average Bonchev–Trinajstić information content (AvgIpc) is 2.72. The molecule has 0 spiro atoms. The number of nitrogen functional groups attached to an aromatic ring is 1. The third-order valence-electron chi connectivity index (χ3n) is 4.78. The van der Waals surface area contributed by atoms with Crippen molar-refractivity contribution in [3.05, 3.63) is 99.2 Å². The number of aromatic nitrogens is 2. The van der Waals surface area contributed by atoms with Crippen molar-refractivity contribution in [1.82, 2.24) is 9.13 Å². The smallest absolute Gasteiger partial charge is 0.336 e. The summed E-state index contributed by atoms with van der Waals surface area (Å²) in [4.78, 5) is 26.6. The summed E-state index contributed by atoms with van der Waals surface area (Å²) in [6.07, 6.45) is 1.03. The van der Waals surface area contributed by atoms with Gasteiger partial charge in [0.2, 0.25) is 10.0 Å². The second kappa shape index (κ2) is 7.77. The van der Waals surface area contributed by atoms with Crippen LogP contribution in [0.5, 0.6) is 0 Å². The Hall–Kier alpha value is -3.85. The van der Waals surface area contributed by atoms with Gasteiger partial charge >= 0.3 is 5.69 Å². The predicted octanol–water partition coefficient (Wildman–Crippen LogP) is 2.15. The Labute approximate surface area is 178 Å². The molecule has 9 heteroatoms. The fraction of sp³-hybridized carbons (Fsp3) is 0.0909. The Morgan fingerprint density at radius 1 is 0.935 bits per heavy atom. The quantitative estimate of drug-likeness (QED) is 0.465. The second-order valence-corrected chi connectivity index (χ2v) is 8.94. The molecule has 1 heterocycles. The lowest BCUT2D eigenvalue weighted by molar-refractivity contribution is 0.607. The highest BCUT2D eigenvalue weighted by molar-refractivity contribution is 7.92. The molecule has 4 aromatic rings. The first-order chi connectivity index (χ1) is 14.7. The lowest BCUT2D eigenvalue weighted by Gasteiger charge is -2.15. The normalized spacial score (nSPS) is 11.5. The highest BCUT2D eigenvalue weighted by Crippen LogP contribution is 2.16. The van der Waals surface area contributed by atoms with Gasteiger partial charge in [-0.2, -0.15) is 0 Å². The number of anilines is 2. The highest BCUT2D eigenvalue weighted by Gasteiger charge is 2.15. The number of rotatable bonds is 5. The second-order valence-electron chi connectivity index (χ2n) is 7.19. The minimum atomic E-state index is -3.51. The highest BCUT2D eigenvalue weighted by atomic mass is 32.2. The van der Waals surface area contributed by atoms with E-state index in [1.165, 1.54) is 10.6 Å². The van der Waals surface area contributed by atoms with Crippen molar-refractivity contribution in [3.8, 4) is 5.69 Å². The van der Waals surface area contributed by atoms with Gasteiger partial charge in [0, 0.05) is 5.69 Å². The molecule has 0 fully saturated rings. The van der Waals surface area contributed by atoms with Gasteiger partial charge in [0.1, 0.15) is 0 Å². The molecule has 0 aliphatic rings. The Balaban J connectivity index is 1.95. The Kier molecular flexibility index (Phi) is 5.12. The van der Waals surface area contributed by atoms with Crippen LogP contribution in [0, 0.1) is 0 Å². The number of nitrogens with one attached hydrogen (secondary N) is 1. The summed E-state index contributed by atoms with van der Waals surface area (Å²) in [6.45, 7) is 0.237. The van der Waals surface area contributed by atoms with E-state index in [0.717, 1.165) is 16.4 Å². The van der Waals surface area contributed by atoms with Crippen LogP contribution >= 0.6 is 0 Å². The van der Waals surface area contributed by atoms with Crippen LogP contribution in [0.2, 0.25) is 0 Å². The van der Waals surface area contributed by atoms with Crippen LogP contribution in [0.15, 0.2) is 82.4 Å². The number of nitrogens with two attached hydrogens (primary N) is 1. The maximum absolute atomic E-state index is 13.4. The summed E-state index contributed by atoms with van der Waals surface area (Å²) in [6, 6.07) is 20.2. The topological polar surface area (TPSA) is 116 Å². The van der Waals surface area contributed by atoms with Crippen LogP contribution in [0.25, 0.3) is 16.6 Å². The Morgan fingerprint density at radius 2 is 1.65 bits per heavy atom. The number of hydrogen-bond donors (Lipinski definition) is 2. The van der Waals surface area contributed by atoms with Gasteiger partial charge in [-0.05, 0) is 48.0 Å². The lowest BCUT2D eigenvalue weighted by Crippen LogP contribution is -2.39. The van der Waals surface area contributed by atoms with Gasteiger partial charge < -0.3 is 5.73 Å². The fourth-order valence-corrected chi connectivity index (χ4v) is 3.98. The van der Waals surface area contributed by atoms with Crippen molar-refractivity contribution in [2.75, 3.05) is 16.7 Å². The third-order valence-corrected chi connectivity index (χ3v) is 5.39. The number of nitrogens with zero attached hydrogens (tertiary/aromatic N) is 2. The molecule has 1 aromatic heterocycles. The van der Waals surface area contributed by atoms with E-state index in [1.807, 2.05) is 12.1 Å². The van der Waals surface area contributed by atoms with Gasteiger partial charge in [-0.3, -0.25) is 14.1 Å². The molecule has 3 N–H and O–H groups in total. The molecule has 31 heavy (non-hydrogen) atoms. The fourth-order valence-electron chi connectivity index (χ4n) is 3.43. The zero-order valence-corrected chi connectivity index (χ0v) is 17.5. The molecule has 0 radical (unpaired) electrons. The van der Waals surface area contributed by atoms with Crippen molar-refractivity contribution < 1.29 is 8.42 Å².